The van der Waals surface area contributed by atoms with Gasteiger partial charge in [0.25, 0.3) is 0 Å². The molecule has 2 amide bonds. The minimum absolute atomic E-state index is 0.0446. The van der Waals surface area contributed by atoms with Gasteiger partial charge in [0, 0.05) is 12.6 Å². The Balaban J connectivity index is 1.98. The van der Waals surface area contributed by atoms with E-state index in [-0.39, 0.29) is 10.9 Å². The Bertz CT molecular complexity index is 791. The van der Waals surface area contributed by atoms with Crippen molar-refractivity contribution >= 4 is 33.2 Å². The van der Waals surface area contributed by atoms with Crippen LogP contribution in [-0.4, -0.2) is 37.1 Å². The van der Waals surface area contributed by atoms with Gasteiger partial charge in [-0.2, -0.15) is 4.31 Å². The molecule has 1 aromatic rings. The Hall–Kier alpha value is -1.93. The lowest BCUT2D eigenvalue weighted by atomic mass is 10.1. The molecule has 2 N–H and O–H groups in total. The summed E-state index contributed by atoms with van der Waals surface area (Å²) in [6.07, 6.45) is 2.71. The minimum atomic E-state index is -3.63. The maximum Gasteiger partial charge on any atom is 0.243 e. The highest BCUT2D eigenvalue weighted by Gasteiger charge is 2.32. The molecule has 0 spiro atoms. The van der Waals surface area contributed by atoms with Gasteiger partial charge < -0.3 is 10.6 Å². The second kappa shape index (κ2) is 6.18. The number of hydrogen-bond acceptors (Lipinski definition) is 4. The summed E-state index contributed by atoms with van der Waals surface area (Å²) in [5, 5.41) is 5.26. The summed E-state index contributed by atoms with van der Waals surface area (Å²) in [6, 6.07) is 4.37. The third-order valence-corrected chi connectivity index (χ3v) is 6.65. The molecule has 24 heavy (non-hydrogen) atoms. The monoisotopic (exact) mass is 351 g/mol. The summed E-state index contributed by atoms with van der Waals surface area (Å²) in [4.78, 5) is 24.0. The molecule has 8 heteroatoms. The third-order valence-electron chi connectivity index (χ3n) is 4.64. The van der Waals surface area contributed by atoms with E-state index < -0.39 is 27.8 Å². The Labute approximate surface area is 141 Å². The van der Waals surface area contributed by atoms with E-state index >= 15 is 0 Å². The highest BCUT2D eigenvalue weighted by atomic mass is 32.2. The van der Waals surface area contributed by atoms with Crippen LogP contribution in [0.5, 0.6) is 0 Å². The van der Waals surface area contributed by atoms with Crippen LogP contribution in [0.3, 0.4) is 0 Å². The van der Waals surface area contributed by atoms with E-state index in [0.29, 0.717) is 17.9 Å². The van der Waals surface area contributed by atoms with Crippen molar-refractivity contribution in [3.8, 4) is 0 Å². The van der Waals surface area contributed by atoms with Gasteiger partial charge in [-0.1, -0.05) is 6.42 Å². The number of nitrogens with one attached hydrogen (secondary N) is 2. The minimum Gasteiger partial charge on any atom is -0.324 e. The molecule has 130 valence electrons. The average molecular weight is 351 g/mol. The number of carbonyl (C=O) groups is 2. The summed E-state index contributed by atoms with van der Waals surface area (Å²) < 4.78 is 27.3. The molecule has 1 fully saturated rings. The van der Waals surface area contributed by atoms with Crippen LogP contribution in [0.2, 0.25) is 0 Å². The maximum atomic E-state index is 12.9. The zero-order chi connectivity index (χ0) is 17.5. The van der Waals surface area contributed by atoms with Crippen molar-refractivity contribution in [2.24, 2.45) is 5.92 Å². The van der Waals surface area contributed by atoms with Crippen LogP contribution in [0.15, 0.2) is 23.1 Å². The van der Waals surface area contributed by atoms with Gasteiger partial charge in [0.2, 0.25) is 21.8 Å². The molecule has 0 saturated carbocycles. The highest BCUT2D eigenvalue weighted by molar-refractivity contribution is 7.89. The largest absolute Gasteiger partial charge is 0.324 e. The predicted octanol–water partition coefficient (Wildman–Crippen LogP) is 1.78. The molecule has 2 heterocycles. The van der Waals surface area contributed by atoms with E-state index in [1.165, 1.54) is 29.4 Å². The first-order valence-corrected chi connectivity index (χ1v) is 9.52. The summed E-state index contributed by atoms with van der Waals surface area (Å²) in [5.74, 6) is -1.70. The summed E-state index contributed by atoms with van der Waals surface area (Å²) in [6.45, 7) is 3.91. The Morgan fingerprint density at radius 2 is 1.71 bits per heavy atom. The van der Waals surface area contributed by atoms with Gasteiger partial charge in [0.15, 0.2) is 0 Å². The molecule has 1 saturated heterocycles. The molecule has 1 aromatic carbocycles. The maximum absolute atomic E-state index is 12.9. The predicted molar refractivity (Wildman–Crippen MR) is 90.1 cm³/mol. The van der Waals surface area contributed by atoms with Crippen LogP contribution in [0.4, 0.5) is 11.4 Å². The van der Waals surface area contributed by atoms with Crippen LogP contribution in [0.1, 0.15) is 33.1 Å². The lowest BCUT2D eigenvalue weighted by molar-refractivity contribution is -0.128. The second-order valence-corrected chi connectivity index (χ2v) is 8.26. The van der Waals surface area contributed by atoms with Gasteiger partial charge in [0.1, 0.15) is 5.92 Å². The topological polar surface area (TPSA) is 95.6 Å². The fourth-order valence-corrected chi connectivity index (χ4v) is 4.79. The number of nitrogens with zero attached hydrogens (tertiary/aromatic N) is 1. The highest BCUT2D eigenvalue weighted by Crippen LogP contribution is 2.32. The summed E-state index contributed by atoms with van der Waals surface area (Å²) in [5.41, 5.74) is 0.715. The van der Waals surface area contributed by atoms with Gasteiger partial charge in [-0.25, -0.2) is 8.42 Å². The van der Waals surface area contributed by atoms with Gasteiger partial charge in [0.05, 0.1) is 16.3 Å². The van der Waals surface area contributed by atoms with E-state index in [9.17, 15) is 18.0 Å². The van der Waals surface area contributed by atoms with Crippen LogP contribution >= 0.6 is 0 Å². The van der Waals surface area contributed by atoms with Crippen LogP contribution in [0.25, 0.3) is 0 Å². The molecule has 2 aliphatic rings. The van der Waals surface area contributed by atoms with E-state index in [1.807, 2.05) is 6.92 Å². The Kier molecular flexibility index (Phi) is 4.35. The standard InChI is InChI=1S/C16H21N3O4S/c1-10-5-3-4-8-19(10)24(22,23)12-6-7-13-14(9-12)18-16(21)11(2)15(20)17-13/h6-7,9-11H,3-5,8H2,1-2H3,(H,17,20)(H,18,21). The molecule has 2 aliphatic heterocycles. The fraction of sp³-hybridized carbons (Fsp3) is 0.500. The van der Waals surface area contributed by atoms with E-state index in [4.69, 9.17) is 0 Å². The normalized spacial score (nSPS) is 25.4. The number of benzene rings is 1. The smallest absolute Gasteiger partial charge is 0.243 e. The lowest BCUT2D eigenvalue weighted by Crippen LogP contribution is -2.41. The number of anilines is 2. The number of rotatable bonds is 2. The lowest BCUT2D eigenvalue weighted by Gasteiger charge is -2.32. The summed E-state index contributed by atoms with van der Waals surface area (Å²) >= 11 is 0. The average Bonchev–Trinajstić information content (AvgIpc) is 2.65. The van der Waals surface area contributed by atoms with Gasteiger partial charge >= 0.3 is 0 Å². The van der Waals surface area contributed by atoms with Crippen molar-refractivity contribution < 1.29 is 18.0 Å². The fourth-order valence-electron chi connectivity index (χ4n) is 3.06. The molecule has 2 unspecified atom stereocenters. The van der Waals surface area contributed by atoms with Crippen molar-refractivity contribution in [1.82, 2.24) is 4.31 Å². The number of piperidine rings is 1. The number of amides is 2. The van der Waals surface area contributed by atoms with Gasteiger partial charge in [-0.3, -0.25) is 9.59 Å². The molecule has 3 rings (SSSR count). The van der Waals surface area contributed by atoms with E-state index in [2.05, 4.69) is 10.6 Å². The number of fused-ring (bicyclic) bond motifs is 1. The van der Waals surface area contributed by atoms with Crippen molar-refractivity contribution in [1.29, 1.82) is 0 Å². The molecular formula is C16H21N3O4S. The van der Waals surface area contributed by atoms with E-state index in [1.54, 1.807) is 0 Å². The van der Waals surface area contributed by atoms with E-state index in [0.717, 1.165) is 19.3 Å². The molecule has 0 radical (unpaired) electrons. The number of carbonyl (C=O) groups excluding carboxylic acids is 2. The second-order valence-electron chi connectivity index (χ2n) is 6.37. The van der Waals surface area contributed by atoms with Crippen molar-refractivity contribution in [3.63, 3.8) is 0 Å². The summed E-state index contributed by atoms with van der Waals surface area (Å²) in [7, 11) is -3.63. The Morgan fingerprint density at radius 1 is 1.04 bits per heavy atom. The van der Waals surface area contributed by atoms with Crippen LogP contribution in [-0.2, 0) is 19.6 Å². The van der Waals surface area contributed by atoms with Gasteiger partial charge in [-0.15, -0.1) is 0 Å². The van der Waals surface area contributed by atoms with Crippen LogP contribution < -0.4 is 10.6 Å². The SMILES string of the molecule is CC1C(=O)Nc2ccc(S(=O)(=O)N3CCCCC3C)cc2NC1=O. The van der Waals surface area contributed by atoms with Crippen LogP contribution in [0, 0.1) is 5.92 Å². The molecule has 0 aromatic heterocycles. The van der Waals surface area contributed by atoms with Crippen molar-refractivity contribution in [2.45, 2.75) is 44.0 Å². The molecule has 0 bridgehead atoms. The molecule has 2 atom stereocenters. The zero-order valence-electron chi connectivity index (χ0n) is 13.7. The molecular weight excluding hydrogens is 330 g/mol. The Morgan fingerprint density at radius 3 is 2.38 bits per heavy atom. The molecule has 0 aliphatic carbocycles. The third kappa shape index (κ3) is 2.91. The number of hydrogen-bond donors (Lipinski definition) is 2. The number of sulfonamides is 1. The first kappa shape index (κ1) is 16.9. The van der Waals surface area contributed by atoms with Crippen molar-refractivity contribution in [2.75, 3.05) is 17.2 Å². The molecule has 7 nitrogen and oxygen atoms in total. The first-order valence-electron chi connectivity index (χ1n) is 8.08. The first-order chi connectivity index (χ1) is 11.3. The zero-order valence-corrected chi connectivity index (χ0v) is 14.5. The van der Waals surface area contributed by atoms with Gasteiger partial charge in [-0.05, 0) is 44.9 Å². The quantitative estimate of drug-likeness (QED) is 0.794. The van der Waals surface area contributed by atoms with Crippen molar-refractivity contribution in [3.05, 3.63) is 18.2 Å².